The van der Waals surface area contributed by atoms with Gasteiger partial charge in [0.2, 0.25) is 0 Å². The number of fused-ring (bicyclic) bond motifs is 2. The van der Waals surface area contributed by atoms with Gasteiger partial charge in [0.1, 0.15) is 11.0 Å². The summed E-state index contributed by atoms with van der Waals surface area (Å²) in [4.78, 5) is 7.94. The van der Waals surface area contributed by atoms with E-state index < -0.39 is 137 Å². The molecular weight excluding hydrogens is 858 g/mol. The molecule has 7 aromatic rings. The highest BCUT2D eigenvalue weighted by Crippen LogP contribution is 2.51. The van der Waals surface area contributed by atoms with E-state index in [2.05, 4.69) is 9.97 Å². The highest BCUT2D eigenvalue weighted by atomic mass is 19.4. The average Bonchev–Trinajstić information content (AvgIpc) is 3.81. The number of benzene rings is 5. The topological polar surface area (TPSA) is 52.1 Å². The molecule has 0 fully saturated rings. The second kappa shape index (κ2) is 13.7. The average molecular weight is 873 g/mol. The number of alkyl halides is 18. The summed E-state index contributed by atoms with van der Waals surface area (Å²) in [6, 6.07) is 2.54. The van der Waals surface area contributed by atoms with Crippen LogP contribution in [0.4, 0.5) is 79.0 Å². The molecule has 0 radical (unpaired) electrons. The van der Waals surface area contributed by atoms with Crippen LogP contribution < -0.4 is 0 Å². The number of aromatic nitrogens is 2. The first-order valence-electron chi connectivity index (χ1n) is 16.2. The summed E-state index contributed by atoms with van der Waals surface area (Å²) in [6.45, 7) is 0. The van der Waals surface area contributed by atoms with Gasteiger partial charge >= 0.3 is 37.1 Å². The Balaban J connectivity index is 1.58. The van der Waals surface area contributed by atoms with E-state index in [1.165, 1.54) is 0 Å². The Kier molecular flexibility index (Phi) is 9.54. The number of hydrogen-bond acceptors (Lipinski definition) is 4. The number of rotatable bonds is 4. The van der Waals surface area contributed by atoms with E-state index in [9.17, 15) is 79.0 Å². The van der Waals surface area contributed by atoms with Gasteiger partial charge in [0.05, 0.1) is 44.5 Å². The predicted molar refractivity (Wildman–Crippen MR) is 173 cm³/mol. The van der Waals surface area contributed by atoms with Gasteiger partial charge in [0, 0.05) is 0 Å². The summed E-state index contributed by atoms with van der Waals surface area (Å²) in [5, 5.41) is 0. The lowest BCUT2D eigenvalue weighted by atomic mass is 9.86. The molecule has 0 saturated carbocycles. The molecule has 0 atom stereocenters. The Hall–Kier alpha value is -6.22. The number of oxazole rings is 2. The Morgan fingerprint density at radius 2 is 0.600 bits per heavy atom. The van der Waals surface area contributed by atoms with Crippen LogP contribution in [0.15, 0.2) is 94.4 Å². The quantitative estimate of drug-likeness (QED) is 0.165. The fourth-order valence-corrected chi connectivity index (χ4v) is 6.49. The summed E-state index contributed by atoms with van der Waals surface area (Å²) >= 11 is 0. The zero-order valence-electron chi connectivity index (χ0n) is 28.6. The second-order valence-electron chi connectivity index (χ2n) is 12.9. The minimum atomic E-state index is -5.46. The van der Waals surface area contributed by atoms with Gasteiger partial charge in [0.15, 0.2) is 24.0 Å². The molecule has 22 heteroatoms. The van der Waals surface area contributed by atoms with Crippen molar-refractivity contribution in [2.75, 3.05) is 0 Å². The van der Waals surface area contributed by atoms with Crippen LogP contribution in [0.5, 0.6) is 0 Å². The summed E-state index contributed by atoms with van der Waals surface area (Å²) in [5.74, 6) is 0. The van der Waals surface area contributed by atoms with E-state index in [0.717, 1.165) is 0 Å². The van der Waals surface area contributed by atoms with Crippen molar-refractivity contribution in [1.82, 2.24) is 9.97 Å². The highest BCUT2D eigenvalue weighted by Gasteiger charge is 2.41. The first-order chi connectivity index (χ1) is 27.5. The second-order valence-corrected chi connectivity index (χ2v) is 12.9. The molecular formula is C38H14F18N2O2. The smallest absolute Gasteiger partial charge is 0.416 e. The molecule has 0 aliphatic carbocycles. The molecule has 0 unspecified atom stereocenters. The number of hydrogen-bond donors (Lipinski definition) is 0. The largest absolute Gasteiger partial charge is 0.443 e. The Morgan fingerprint density at radius 3 is 0.867 bits per heavy atom. The maximum absolute atomic E-state index is 14.1. The lowest BCUT2D eigenvalue weighted by Crippen LogP contribution is -2.11. The van der Waals surface area contributed by atoms with Crippen LogP contribution in [0.1, 0.15) is 33.4 Å². The van der Waals surface area contributed by atoms with Crippen LogP contribution in [0.3, 0.4) is 0 Å². The van der Waals surface area contributed by atoms with Gasteiger partial charge < -0.3 is 8.83 Å². The molecule has 0 N–H and O–H groups in total. The Labute approximate surface area is 320 Å². The molecule has 0 saturated heterocycles. The van der Waals surface area contributed by atoms with E-state index in [1.807, 2.05) is 0 Å². The van der Waals surface area contributed by atoms with Crippen molar-refractivity contribution in [2.45, 2.75) is 37.1 Å². The third-order valence-corrected chi connectivity index (χ3v) is 9.09. The van der Waals surface area contributed by atoms with Gasteiger partial charge in [-0.05, 0) is 94.0 Å². The molecule has 314 valence electrons. The first kappa shape index (κ1) is 41.9. The van der Waals surface area contributed by atoms with Gasteiger partial charge in [-0.3, -0.25) is 0 Å². The molecule has 0 aliphatic heterocycles. The third-order valence-electron chi connectivity index (χ3n) is 9.09. The van der Waals surface area contributed by atoms with E-state index in [1.54, 1.807) is 0 Å². The van der Waals surface area contributed by atoms with Crippen LogP contribution in [0.2, 0.25) is 0 Å². The Morgan fingerprint density at radius 1 is 0.317 bits per heavy atom. The molecule has 7 rings (SSSR count). The van der Waals surface area contributed by atoms with E-state index in [-0.39, 0.29) is 48.5 Å². The molecule has 5 aromatic carbocycles. The van der Waals surface area contributed by atoms with Gasteiger partial charge in [-0.2, -0.15) is 79.0 Å². The number of halogens is 18. The van der Waals surface area contributed by atoms with E-state index >= 15 is 0 Å². The maximum Gasteiger partial charge on any atom is 0.416 e. The van der Waals surface area contributed by atoms with Crippen LogP contribution >= 0.6 is 0 Å². The molecule has 0 spiro atoms. The van der Waals surface area contributed by atoms with E-state index in [0.29, 0.717) is 37.1 Å². The number of nitrogens with zero attached hydrogens (tertiary/aromatic N) is 2. The molecule has 60 heavy (non-hydrogen) atoms. The van der Waals surface area contributed by atoms with Crippen molar-refractivity contribution in [3.8, 4) is 44.5 Å². The summed E-state index contributed by atoms with van der Waals surface area (Å²) in [6.07, 6.45) is -31.1. The standard InChI is InChI=1S/C38H14F18N2O2/c39-33(40,41)17-1-3-23(25(11-17)15-5-19(35(45,46)47)9-20(6-15)36(48,49)50)27-29-32(60-13-57-29)28(30-31(27)59-14-58-30)24-4-2-18(34(42,43)44)12-26(24)16-7-21(37(51,52)53)10-22(8-16)38(54,55)56/h1-14H. The molecule has 0 aliphatic rings. The lowest BCUT2D eigenvalue weighted by molar-refractivity contribution is -0.144. The SMILES string of the molecule is FC(F)(F)c1cc(-c2cc(C(F)(F)F)ccc2-c2c3ncoc3c(-c3ccc(C(F)(F)F)cc3-c3cc(C(F)(F)F)cc(C(F)(F)F)c3)c3ncoc23)cc(C(F)(F)F)c1. The molecule has 0 amide bonds. The van der Waals surface area contributed by atoms with Crippen molar-refractivity contribution in [3.63, 3.8) is 0 Å². The van der Waals surface area contributed by atoms with Crippen LogP contribution in [-0.4, -0.2) is 9.97 Å². The first-order valence-corrected chi connectivity index (χ1v) is 16.2. The van der Waals surface area contributed by atoms with Crippen LogP contribution in [-0.2, 0) is 37.1 Å². The van der Waals surface area contributed by atoms with Crippen molar-refractivity contribution < 1.29 is 87.9 Å². The van der Waals surface area contributed by atoms with Gasteiger partial charge in [-0.15, -0.1) is 0 Å². The monoisotopic (exact) mass is 872 g/mol. The zero-order chi connectivity index (χ0) is 44.1. The normalized spacial score (nSPS) is 13.5. The predicted octanol–water partition coefficient (Wildman–Crippen LogP) is 14.7. The van der Waals surface area contributed by atoms with Crippen molar-refractivity contribution >= 4 is 22.2 Å². The van der Waals surface area contributed by atoms with Crippen molar-refractivity contribution in [3.05, 3.63) is 119 Å². The maximum atomic E-state index is 14.1. The fraction of sp³-hybridized carbons (Fsp3) is 0.158. The minimum absolute atomic E-state index is 0.138. The van der Waals surface area contributed by atoms with Crippen molar-refractivity contribution in [2.24, 2.45) is 0 Å². The molecule has 2 heterocycles. The lowest BCUT2D eigenvalue weighted by Gasteiger charge is -2.20. The summed E-state index contributed by atoms with van der Waals surface area (Å²) < 4.78 is 262. The van der Waals surface area contributed by atoms with Gasteiger partial charge in [-0.25, -0.2) is 9.97 Å². The molecule has 2 aromatic heterocycles. The summed E-state index contributed by atoms with van der Waals surface area (Å²) in [5.41, 5.74) is -19.3. The zero-order valence-corrected chi connectivity index (χ0v) is 28.6. The van der Waals surface area contributed by atoms with Gasteiger partial charge in [-0.1, -0.05) is 12.1 Å². The van der Waals surface area contributed by atoms with Gasteiger partial charge in [0.25, 0.3) is 0 Å². The molecule has 0 bridgehead atoms. The van der Waals surface area contributed by atoms with Crippen LogP contribution in [0, 0.1) is 0 Å². The van der Waals surface area contributed by atoms with E-state index in [4.69, 9.17) is 8.83 Å². The van der Waals surface area contributed by atoms with Crippen molar-refractivity contribution in [1.29, 1.82) is 0 Å². The highest BCUT2D eigenvalue weighted by molar-refractivity contribution is 6.18. The molecule has 4 nitrogen and oxygen atoms in total. The summed E-state index contributed by atoms with van der Waals surface area (Å²) in [7, 11) is 0. The minimum Gasteiger partial charge on any atom is -0.443 e. The van der Waals surface area contributed by atoms with Crippen LogP contribution in [0.25, 0.3) is 66.7 Å². The Bertz CT molecular complexity index is 2500. The third kappa shape index (κ3) is 7.69. The fourth-order valence-electron chi connectivity index (χ4n) is 6.49.